The van der Waals surface area contributed by atoms with Crippen LogP contribution >= 0.6 is 11.3 Å². The van der Waals surface area contributed by atoms with Crippen LogP contribution in [-0.4, -0.2) is 17.0 Å². The van der Waals surface area contributed by atoms with Crippen molar-refractivity contribution in [1.29, 1.82) is 0 Å². The van der Waals surface area contributed by atoms with Crippen molar-refractivity contribution >= 4 is 27.5 Å². The first kappa shape index (κ1) is 12.6. The highest BCUT2D eigenvalue weighted by Crippen LogP contribution is 2.16. The topological polar surface area (TPSA) is 51.1 Å². The smallest absolute Gasteiger partial charge is 0.308 e. The van der Waals surface area contributed by atoms with Gasteiger partial charge in [-0.05, 0) is 12.1 Å². The van der Waals surface area contributed by atoms with Crippen LogP contribution in [-0.2, 0) is 11.3 Å². The predicted octanol–water partition coefficient (Wildman–Crippen LogP) is 1.76. The Labute approximate surface area is 109 Å². The average Bonchev–Trinajstić information content (AvgIpc) is 2.69. The molecule has 0 bridgehead atoms. The number of rotatable bonds is 5. The van der Waals surface area contributed by atoms with Crippen LogP contribution in [0.3, 0.4) is 0 Å². The van der Waals surface area contributed by atoms with Gasteiger partial charge in [0.05, 0.1) is 10.2 Å². The van der Waals surface area contributed by atoms with Gasteiger partial charge in [-0.3, -0.25) is 14.2 Å². The number of para-hydroxylation sites is 1. The standard InChI is InChI=1S/C13H14N2O2S/c1-2-8-14-12(16)7-9-15-10-5-3-4-6-11(10)18-13(15)17/h2-6H,1,7-9H2,(H,14,16). The van der Waals surface area contributed by atoms with Gasteiger partial charge in [-0.25, -0.2) is 0 Å². The molecular weight excluding hydrogens is 248 g/mol. The summed E-state index contributed by atoms with van der Waals surface area (Å²) in [6.45, 7) is 4.39. The molecule has 5 heteroatoms. The fraction of sp³-hybridized carbons (Fsp3) is 0.231. The molecule has 1 N–H and O–H groups in total. The summed E-state index contributed by atoms with van der Waals surface area (Å²) in [5.74, 6) is -0.0721. The number of thiazole rings is 1. The Morgan fingerprint density at radius 3 is 3.00 bits per heavy atom. The van der Waals surface area contributed by atoms with E-state index in [2.05, 4.69) is 11.9 Å². The van der Waals surface area contributed by atoms with Crippen molar-refractivity contribution in [2.75, 3.05) is 6.54 Å². The van der Waals surface area contributed by atoms with Crippen molar-refractivity contribution in [3.63, 3.8) is 0 Å². The summed E-state index contributed by atoms with van der Waals surface area (Å²) < 4.78 is 2.60. The number of carbonyl (C=O) groups is 1. The van der Waals surface area contributed by atoms with Crippen LogP contribution < -0.4 is 10.2 Å². The number of benzene rings is 1. The zero-order chi connectivity index (χ0) is 13.0. The van der Waals surface area contributed by atoms with Crippen LogP contribution in [0, 0.1) is 0 Å². The molecule has 18 heavy (non-hydrogen) atoms. The molecule has 1 heterocycles. The monoisotopic (exact) mass is 262 g/mol. The number of fused-ring (bicyclic) bond motifs is 1. The molecule has 2 aromatic rings. The maximum Gasteiger partial charge on any atom is 0.308 e. The molecular formula is C13H14N2O2S. The molecule has 4 nitrogen and oxygen atoms in total. The van der Waals surface area contributed by atoms with E-state index in [1.165, 1.54) is 11.3 Å². The van der Waals surface area contributed by atoms with E-state index in [9.17, 15) is 9.59 Å². The van der Waals surface area contributed by atoms with Crippen molar-refractivity contribution in [2.45, 2.75) is 13.0 Å². The Balaban J connectivity index is 2.12. The Hall–Kier alpha value is -1.88. The van der Waals surface area contributed by atoms with Crippen LogP contribution in [0.5, 0.6) is 0 Å². The lowest BCUT2D eigenvalue weighted by Crippen LogP contribution is -2.25. The largest absolute Gasteiger partial charge is 0.353 e. The van der Waals surface area contributed by atoms with Gasteiger partial charge < -0.3 is 5.32 Å². The second-order valence-corrected chi connectivity index (χ2v) is 4.82. The fourth-order valence-corrected chi connectivity index (χ4v) is 2.63. The first-order valence-electron chi connectivity index (χ1n) is 5.68. The summed E-state index contributed by atoms with van der Waals surface area (Å²) in [5.41, 5.74) is 0.893. The van der Waals surface area contributed by atoms with E-state index in [1.54, 1.807) is 10.6 Å². The lowest BCUT2D eigenvalue weighted by molar-refractivity contribution is -0.121. The second kappa shape index (κ2) is 5.64. The Morgan fingerprint density at radius 2 is 2.22 bits per heavy atom. The second-order valence-electron chi connectivity index (χ2n) is 3.83. The van der Waals surface area contributed by atoms with Crippen molar-refractivity contribution in [3.8, 4) is 0 Å². The number of carbonyl (C=O) groups excluding carboxylic acids is 1. The third kappa shape index (κ3) is 2.68. The highest BCUT2D eigenvalue weighted by atomic mass is 32.1. The zero-order valence-corrected chi connectivity index (χ0v) is 10.7. The summed E-state index contributed by atoms with van der Waals surface area (Å²) in [6.07, 6.45) is 1.93. The number of nitrogens with one attached hydrogen (secondary N) is 1. The van der Waals surface area contributed by atoms with E-state index in [-0.39, 0.29) is 10.8 Å². The van der Waals surface area contributed by atoms with Gasteiger partial charge in [0.1, 0.15) is 0 Å². The highest BCUT2D eigenvalue weighted by Gasteiger charge is 2.08. The van der Waals surface area contributed by atoms with Crippen LogP contribution in [0.15, 0.2) is 41.7 Å². The van der Waals surface area contributed by atoms with E-state index in [0.29, 0.717) is 19.5 Å². The Bertz CT molecular complexity index is 627. The van der Waals surface area contributed by atoms with E-state index >= 15 is 0 Å². The molecule has 1 amide bonds. The summed E-state index contributed by atoms with van der Waals surface area (Å²) >= 11 is 1.21. The maximum atomic E-state index is 11.8. The van der Waals surface area contributed by atoms with Gasteiger partial charge in [0.25, 0.3) is 0 Å². The summed E-state index contributed by atoms with van der Waals surface area (Å²) in [6, 6.07) is 7.60. The summed E-state index contributed by atoms with van der Waals surface area (Å²) in [7, 11) is 0. The van der Waals surface area contributed by atoms with Crippen LogP contribution in [0.4, 0.5) is 0 Å². The lowest BCUT2D eigenvalue weighted by atomic mass is 10.3. The van der Waals surface area contributed by atoms with Gasteiger partial charge in [0.15, 0.2) is 0 Å². The van der Waals surface area contributed by atoms with Crippen LogP contribution in [0.2, 0.25) is 0 Å². The van der Waals surface area contributed by atoms with Gasteiger partial charge >= 0.3 is 4.87 Å². The van der Waals surface area contributed by atoms with Crippen molar-refractivity contribution < 1.29 is 4.79 Å². The SMILES string of the molecule is C=CCNC(=O)CCn1c(=O)sc2ccccc21. The molecule has 0 fully saturated rings. The minimum atomic E-state index is -0.0721. The number of hydrogen-bond acceptors (Lipinski definition) is 3. The first-order chi connectivity index (χ1) is 8.72. The molecule has 0 radical (unpaired) electrons. The lowest BCUT2D eigenvalue weighted by Gasteiger charge is -2.04. The molecule has 0 saturated heterocycles. The van der Waals surface area contributed by atoms with Crippen LogP contribution in [0.1, 0.15) is 6.42 Å². The van der Waals surface area contributed by atoms with E-state index < -0.39 is 0 Å². The number of aryl methyl sites for hydroxylation is 1. The highest BCUT2D eigenvalue weighted by molar-refractivity contribution is 7.16. The van der Waals surface area contributed by atoms with Gasteiger partial charge in [-0.15, -0.1) is 6.58 Å². The molecule has 0 aliphatic rings. The molecule has 2 rings (SSSR count). The Morgan fingerprint density at radius 1 is 1.44 bits per heavy atom. The number of aromatic nitrogens is 1. The minimum Gasteiger partial charge on any atom is -0.353 e. The summed E-state index contributed by atoms with van der Waals surface area (Å²) in [4.78, 5) is 23.3. The normalized spacial score (nSPS) is 10.4. The van der Waals surface area contributed by atoms with Crippen LogP contribution in [0.25, 0.3) is 10.2 Å². The summed E-state index contributed by atoms with van der Waals surface area (Å²) in [5, 5.41) is 2.69. The van der Waals surface area contributed by atoms with Crippen molar-refractivity contribution in [1.82, 2.24) is 9.88 Å². The molecule has 0 aliphatic carbocycles. The number of hydrogen-bond donors (Lipinski definition) is 1. The van der Waals surface area contributed by atoms with Crippen molar-refractivity contribution in [3.05, 3.63) is 46.6 Å². The number of amides is 1. The molecule has 0 aliphatic heterocycles. The number of nitrogens with zero attached hydrogens (tertiary/aromatic N) is 1. The molecule has 0 atom stereocenters. The van der Waals surface area contributed by atoms with E-state index in [0.717, 1.165) is 10.2 Å². The molecule has 0 saturated carbocycles. The van der Waals surface area contributed by atoms with Crippen molar-refractivity contribution in [2.24, 2.45) is 0 Å². The Kier molecular flexibility index (Phi) is 3.94. The molecule has 0 unspecified atom stereocenters. The quantitative estimate of drug-likeness (QED) is 0.835. The maximum absolute atomic E-state index is 11.8. The predicted molar refractivity (Wildman–Crippen MR) is 73.9 cm³/mol. The van der Waals surface area contributed by atoms with E-state index in [4.69, 9.17) is 0 Å². The fourth-order valence-electron chi connectivity index (χ4n) is 1.71. The average molecular weight is 262 g/mol. The van der Waals surface area contributed by atoms with Gasteiger partial charge in [-0.1, -0.05) is 29.5 Å². The molecule has 1 aromatic carbocycles. The third-order valence-electron chi connectivity index (χ3n) is 2.58. The third-order valence-corrected chi connectivity index (χ3v) is 3.54. The molecule has 94 valence electrons. The molecule has 1 aromatic heterocycles. The molecule has 0 spiro atoms. The first-order valence-corrected chi connectivity index (χ1v) is 6.50. The van der Waals surface area contributed by atoms with Gasteiger partial charge in [0, 0.05) is 19.5 Å². The van der Waals surface area contributed by atoms with Gasteiger partial charge in [0.2, 0.25) is 5.91 Å². The minimum absolute atomic E-state index is 0.0206. The van der Waals surface area contributed by atoms with E-state index in [1.807, 2.05) is 24.3 Å². The van der Waals surface area contributed by atoms with Gasteiger partial charge in [-0.2, -0.15) is 0 Å². The zero-order valence-electron chi connectivity index (χ0n) is 9.89.